The topological polar surface area (TPSA) is 12.9 Å². The Morgan fingerprint density at radius 1 is 0.773 bits per heavy atom. The lowest BCUT2D eigenvalue weighted by Crippen LogP contribution is -1.87. The third-order valence-electron chi connectivity index (χ3n) is 3.90. The van der Waals surface area contributed by atoms with Gasteiger partial charge < -0.3 is 0 Å². The van der Waals surface area contributed by atoms with Crippen LogP contribution < -0.4 is 0 Å². The van der Waals surface area contributed by atoms with Crippen molar-refractivity contribution in [2.45, 2.75) is 26.2 Å². The Morgan fingerprint density at radius 3 is 2.32 bits per heavy atom. The molecule has 0 unspecified atom stereocenters. The molecule has 0 radical (unpaired) electrons. The summed E-state index contributed by atoms with van der Waals surface area (Å²) in [5.41, 5.74) is 6.14. The van der Waals surface area contributed by atoms with Gasteiger partial charge in [0, 0.05) is 11.8 Å². The van der Waals surface area contributed by atoms with Gasteiger partial charge in [-0.25, -0.2) is 0 Å². The van der Waals surface area contributed by atoms with E-state index in [-0.39, 0.29) is 0 Å². The molecule has 0 saturated carbocycles. The first-order valence-electron chi connectivity index (χ1n) is 7.97. The molecule has 0 N–H and O–H groups in total. The van der Waals surface area contributed by atoms with Crippen molar-refractivity contribution >= 4 is 0 Å². The SMILES string of the molecule is CCCCc1cccc(-c2cccc(-c3ccccn3)c2)c1. The highest BCUT2D eigenvalue weighted by atomic mass is 14.7. The molecule has 0 aliphatic heterocycles. The molecule has 3 rings (SSSR count). The lowest BCUT2D eigenvalue weighted by molar-refractivity contribution is 0.795. The molecule has 1 nitrogen and oxygen atoms in total. The Balaban J connectivity index is 1.92. The van der Waals surface area contributed by atoms with E-state index in [1.165, 1.54) is 29.5 Å². The maximum atomic E-state index is 4.44. The van der Waals surface area contributed by atoms with Crippen molar-refractivity contribution in [2.24, 2.45) is 0 Å². The van der Waals surface area contributed by atoms with Crippen LogP contribution in [0.3, 0.4) is 0 Å². The lowest BCUT2D eigenvalue weighted by Gasteiger charge is -2.07. The molecule has 3 aromatic rings. The first-order chi connectivity index (χ1) is 10.9. The number of hydrogen-bond acceptors (Lipinski definition) is 1. The molecule has 2 aromatic carbocycles. The van der Waals surface area contributed by atoms with Crippen LogP contribution in [0.4, 0.5) is 0 Å². The van der Waals surface area contributed by atoms with Crippen molar-refractivity contribution < 1.29 is 0 Å². The van der Waals surface area contributed by atoms with Crippen molar-refractivity contribution in [1.29, 1.82) is 0 Å². The summed E-state index contributed by atoms with van der Waals surface area (Å²) in [6.45, 7) is 2.24. The normalized spacial score (nSPS) is 10.6. The Morgan fingerprint density at radius 2 is 1.55 bits per heavy atom. The molecule has 0 amide bonds. The van der Waals surface area contributed by atoms with Gasteiger partial charge in [0.1, 0.15) is 0 Å². The van der Waals surface area contributed by atoms with Crippen LogP contribution >= 0.6 is 0 Å². The van der Waals surface area contributed by atoms with E-state index >= 15 is 0 Å². The van der Waals surface area contributed by atoms with Crippen molar-refractivity contribution in [2.75, 3.05) is 0 Å². The predicted molar refractivity (Wildman–Crippen MR) is 93.7 cm³/mol. The van der Waals surface area contributed by atoms with Gasteiger partial charge in [-0.2, -0.15) is 0 Å². The standard InChI is InChI=1S/C21H21N/c1-2-3-8-17-9-6-10-18(15-17)19-11-7-12-20(16-19)21-13-4-5-14-22-21/h4-7,9-16H,2-3,8H2,1H3. The molecule has 1 heteroatoms. The molecule has 0 bridgehead atoms. The molecule has 0 aliphatic rings. The molecule has 0 aliphatic carbocycles. The number of benzene rings is 2. The first kappa shape index (κ1) is 14.5. The number of rotatable bonds is 5. The molecule has 0 fully saturated rings. The molecular formula is C21H21N. The highest BCUT2D eigenvalue weighted by molar-refractivity contribution is 5.71. The van der Waals surface area contributed by atoms with E-state index in [2.05, 4.69) is 66.5 Å². The fourth-order valence-corrected chi connectivity index (χ4v) is 2.68. The Bertz CT molecular complexity index is 732. The Kier molecular flexibility index (Phi) is 4.65. The maximum Gasteiger partial charge on any atom is 0.0702 e. The van der Waals surface area contributed by atoms with E-state index in [9.17, 15) is 0 Å². The largest absolute Gasteiger partial charge is 0.256 e. The second kappa shape index (κ2) is 7.04. The molecule has 1 heterocycles. The summed E-state index contributed by atoms with van der Waals surface area (Å²) in [5, 5.41) is 0. The Hall–Kier alpha value is -2.41. The average Bonchev–Trinajstić information content (AvgIpc) is 2.61. The fraction of sp³-hybridized carbons (Fsp3) is 0.190. The maximum absolute atomic E-state index is 4.44. The number of aromatic nitrogens is 1. The highest BCUT2D eigenvalue weighted by Crippen LogP contribution is 2.26. The molecular weight excluding hydrogens is 266 g/mol. The van der Waals surface area contributed by atoms with Crippen LogP contribution in [0.15, 0.2) is 72.9 Å². The second-order valence-electron chi connectivity index (χ2n) is 5.60. The van der Waals surface area contributed by atoms with E-state index in [0.29, 0.717) is 0 Å². The van der Waals surface area contributed by atoms with Crippen LogP contribution in [-0.4, -0.2) is 4.98 Å². The van der Waals surface area contributed by atoms with Gasteiger partial charge in [0.25, 0.3) is 0 Å². The van der Waals surface area contributed by atoms with E-state index in [0.717, 1.165) is 17.7 Å². The predicted octanol–water partition coefficient (Wildman–Crippen LogP) is 5.76. The van der Waals surface area contributed by atoms with Gasteiger partial charge in [-0.1, -0.05) is 61.9 Å². The summed E-state index contributed by atoms with van der Waals surface area (Å²) in [6, 6.07) is 23.5. The smallest absolute Gasteiger partial charge is 0.0702 e. The summed E-state index contributed by atoms with van der Waals surface area (Å²) in [6.07, 6.45) is 5.48. The van der Waals surface area contributed by atoms with Gasteiger partial charge in [-0.3, -0.25) is 4.98 Å². The number of unbranched alkanes of at least 4 members (excludes halogenated alkanes) is 1. The first-order valence-corrected chi connectivity index (χ1v) is 7.97. The zero-order valence-corrected chi connectivity index (χ0v) is 13.0. The summed E-state index contributed by atoms with van der Waals surface area (Å²) in [5.74, 6) is 0. The van der Waals surface area contributed by atoms with Gasteiger partial charge in [0.05, 0.1) is 5.69 Å². The zero-order valence-electron chi connectivity index (χ0n) is 13.0. The summed E-state index contributed by atoms with van der Waals surface area (Å²) in [4.78, 5) is 4.44. The van der Waals surface area contributed by atoms with E-state index in [4.69, 9.17) is 0 Å². The van der Waals surface area contributed by atoms with Crippen LogP contribution in [0.2, 0.25) is 0 Å². The number of hydrogen-bond donors (Lipinski definition) is 0. The molecule has 0 atom stereocenters. The van der Waals surface area contributed by atoms with Crippen molar-refractivity contribution in [3.63, 3.8) is 0 Å². The number of aryl methyl sites for hydroxylation is 1. The molecule has 1 aromatic heterocycles. The summed E-state index contributed by atoms with van der Waals surface area (Å²) in [7, 11) is 0. The van der Waals surface area contributed by atoms with Crippen molar-refractivity contribution in [3.8, 4) is 22.4 Å². The van der Waals surface area contributed by atoms with Crippen LogP contribution in [0.1, 0.15) is 25.3 Å². The molecule has 0 spiro atoms. The lowest BCUT2D eigenvalue weighted by atomic mass is 9.98. The quantitative estimate of drug-likeness (QED) is 0.581. The summed E-state index contributed by atoms with van der Waals surface area (Å²) < 4.78 is 0. The number of nitrogens with zero attached hydrogens (tertiary/aromatic N) is 1. The minimum absolute atomic E-state index is 1.02. The third kappa shape index (κ3) is 3.43. The highest BCUT2D eigenvalue weighted by Gasteiger charge is 2.03. The van der Waals surface area contributed by atoms with E-state index < -0.39 is 0 Å². The van der Waals surface area contributed by atoms with Crippen LogP contribution in [-0.2, 0) is 6.42 Å². The van der Waals surface area contributed by atoms with Gasteiger partial charge in [0.2, 0.25) is 0 Å². The molecule has 22 heavy (non-hydrogen) atoms. The van der Waals surface area contributed by atoms with E-state index in [1.54, 1.807) is 0 Å². The van der Waals surface area contributed by atoms with Gasteiger partial charge >= 0.3 is 0 Å². The minimum Gasteiger partial charge on any atom is -0.256 e. The van der Waals surface area contributed by atoms with Crippen molar-refractivity contribution in [3.05, 3.63) is 78.5 Å². The average molecular weight is 287 g/mol. The van der Waals surface area contributed by atoms with Crippen LogP contribution in [0.5, 0.6) is 0 Å². The monoisotopic (exact) mass is 287 g/mol. The zero-order chi connectivity index (χ0) is 15.2. The third-order valence-corrected chi connectivity index (χ3v) is 3.90. The van der Waals surface area contributed by atoms with Gasteiger partial charge in [-0.15, -0.1) is 0 Å². The molecule has 110 valence electrons. The number of pyridine rings is 1. The van der Waals surface area contributed by atoms with Crippen LogP contribution in [0.25, 0.3) is 22.4 Å². The van der Waals surface area contributed by atoms with Gasteiger partial charge in [-0.05, 0) is 47.7 Å². The van der Waals surface area contributed by atoms with Gasteiger partial charge in [0.15, 0.2) is 0 Å². The molecule has 0 saturated heterocycles. The second-order valence-corrected chi connectivity index (χ2v) is 5.60. The van der Waals surface area contributed by atoms with Crippen LogP contribution in [0, 0.1) is 0 Å². The Labute approximate surface area is 132 Å². The fourth-order valence-electron chi connectivity index (χ4n) is 2.68. The van der Waals surface area contributed by atoms with E-state index in [1.807, 2.05) is 18.3 Å². The van der Waals surface area contributed by atoms with Crippen molar-refractivity contribution in [1.82, 2.24) is 4.98 Å². The minimum atomic E-state index is 1.02. The summed E-state index contributed by atoms with van der Waals surface area (Å²) >= 11 is 0.